The van der Waals surface area contributed by atoms with Crippen molar-refractivity contribution in [1.82, 2.24) is 5.32 Å². The molecule has 2 atom stereocenters. The molecule has 1 saturated heterocycles. The molecule has 4 nitrogen and oxygen atoms in total. The monoisotopic (exact) mass is 313 g/mol. The van der Waals surface area contributed by atoms with Crippen LogP contribution in [-0.4, -0.2) is 58.9 Å². The van der Waals surface area contributed by atoms with E-state index in [0.717, 1.165) is 25.9 Å². The molecule has 1 aliphatic heterocycles. The average molecular weight is 313 g/mol. The average Bonchev–Trinajstić information content (AvgIpc) is 2.75. The molecule has 21 heavy (non-hydrogen) atoms. The smallest absolute Gasteiger partial charge is 0.383 e. The highest BCUT2D eigenvalue weighted by molar-refractivity contribution is 4.91. The second kappa shape index (κ2) is 8.92. The van der Waals surface area contributed by atoms with Crippen LogP contribution < -0.4 is 5.32 Å². The van der Waals surface area contributed by atoms with Gasteiger partial charge in [0.2, 0.25) is 0 Å². The van der Waals surface area contributed by atoms with E-state index in [9.17, 15) is 13.2 Å². The van der Waals surface area contributed by atoms with Crippen molar-refractivity contribution in [2.45, 2.75) is 38.5 Å². The van der Waals surface area contributed by atoms with Crippen LogP contribution >= 0.6 is 0 Å². The summed E-state index contributed by atoms with van der Waals surface area (Å²) in [6, 6.07) is 0. The highest BCUT2D eigenvalue weighted by Crippen LogP contribution is 2.38. The van der Waals surface area contributed by atoms with Crippen LogP contribution in [0.5, 0.6) is 0 Å². The minimum absolute atomic E-state index is 0.0185. The summed E-state index contributed by atoms with van der Waals surface area (Å²) in [6.07, 6.45) is -1.81. The van der Waals surface area contributed by atoms with Gasteiger partial charge in [-0.15, -0.1) is 0 Å². The van der Waals surface area contributed by atoms with Crippen LogP contribution in [0.1, 0.15) is 26.2 Å². The lowest BCUT2D eigenvalue weighted by molar-refractivity contribution is -0.174. The van der Waals surface area contributed by atoms with Crippen LogP contribution in [0.2, 0.25) is 0 Å². The Kier molecular flexibility index (Phi) is 7.94. The van der Waals surface area contributed by atoms with Gasteiger partial charge in [-0.1, -0.05) is 0 Å². The molecule has 0 bridgehead atoms. The van der Waals surface area contributed by atoms with E-state index in [1.54, 1.807) is 7.11 Å². The number of hydrogen-bond donors (Lipinski definition) is 1. The Labute approximate surface area is 124 Å². The van der Waals surface area contributed by atoms with E-state index in [1.807, 2.05) is 6.92 Å². The molecule has 2 unspecified atom stereocenters. The first-order chi connectivity index (χ1) is 9.90. The lowest BCUT2D eigenvalue weighted by Gasteiger charge is -2.32. The van der Waals surface area contributed by atoms with E-state index >= 15 is 0 Å². The standard InChI is InChI=1S/C14H26F3NO3/c1-12-13(5-8-21-12,10-18-6-9-19-2)4-3-7-20-11-14(15,16)17/h12,18H,3-11H2,1-2H3. The summed E-state index contributed by atoms with van der Waals surface area (Å²) >= 11 is 0. The summed E-state index contributed by atoms with van der Waals surface area (Å²) < 4.78 is 51.3. The van der Waals surface area contributed by atoms with Crippen LogP contribution in [-0.2, 0) is 14.2 Å². The highest BCUT2D eigenvalue weighted by atomic mass is 19.4. The maximum atomic E-state index is 12.0. The van der Waals surface area contributed by atoms with Gasteiger partial charge in [0.15, 0.2) is 0 Å². The Morgan fingerprint density at radius 3 is 2.67 bits per heavy atom. The fourth-order valence-electron chi connectivity index (χ4n) is 2.69. The van der Waals surface area contributed by atoms with Gasteiger partial charge in [0.1, 0.15) is 6.61 Å². The number of methoxy groups -OCH3 is 1. The molecular weight excluding hydrogens is 287 g/mol. The van der Waals surface area contributed by atoms with Crippen LogP contribution in [0, 0.1) is 5.41 Å². The largest absolute Gasteiger partial charge is 0.411 e. The van der Waals surface area contributed by atoms with Gasteiger partial charge in [0, 0.05) is 38.8 Å². The third-order valence-corrected chi connectivity index (χ3v) is 4.02. The molecule has 0 aromatic heterocycles. The Bertz CT molecular complexity index is 289. The molecule has 7 heteroatoms. The van der Waals surface area contributed by atoms with Crippen molar-refractivity contribution in [1.29, 1.82) is 0 Å². The normalized spacial score (nSPS) is 26.4. The minimum atomic E-state index is -4.25. The number of halogens is 3. The minimum Gasteiger partial charge on any atom is -0.383 e. The predicted molar refractivity (Wildman–Crippen MR) is 73.3 cm³/mol. The molecule has 1 heterocycles. The number of nitrogens with one attached hydrogen (secondary N) is 1. The summed E-state index contributed by atoms with van der Waals surface area (Å²) in [5, 5.41) is 3.34. The number of alkyl halides is 3. The Morgan fingerprint density at radius 1 is 1.33 bits per heavy atom. The maximum absolute atomic E-state index is 12.0. The SMILES string of the molecule is COCCNCC1(CCCOCC(F)(F)F)CCOC1C. The summed E-state index contributed by atoms with van der Waals surface area (Å²) in [5.41, 5.74) is -0.0185. The van der Waals surface area contributed by atoms with Gasteiger partial charge in [-0.3, -0.25) is 0 Å². The lowest BCUT2D eigenvalue weighted by atomic mass is 9.77. The van der Waals surface area contributed by atoms with E-state index in [1.165, 1.54) is 0 Å². The fraction of sp³-hybridized carbons (Fsp3) is 1.00. The van der Waals surface area contributed by atoms with Gasteiger partial charge in [-0.2, -0.15) is 13.2 Å². The zero-order valence-corrected chi connectivity index (χ0v) is 12.8. The topological polar surface area (TPSA) is 39.7 Å². The molecule has 1 aliphatic rings. The summed E-state index contributed by atoms with van der Waals surface area (Å²) in [5.74, 6) is 0. The molecule has 0 amide bonds. The van der Waals surface area contributed by atoms with Crippen molar-refractivity contribution >= 4 is 0 Å². The molecule has 126 valence electrons. The molecule has 0 aliphatic carbocycles. The molecular formula is C14H26F3NO3. The quantitative estimate of drug-likeness (QED) is 0.629. The molecule has 0 saturated carbocycles. The van der Waals surface area contributed by atoms with E-state index in [0.29, 0.717) is 19.6 Å². The summed E-state index contributed by atoms with van der Waals surface area (Å²) in [6.45, 7) is 3.88. The zero-order chi connectivity index (χ0) is 15.8. The third-order valence-electron chi connectivity index (χ3n) is 4.02. The number of rotatable bonds is 10. The number of hydrogen-bond acceptors (Lipinski definition) is 4. The van der Waals surface area contributed by atoms with Gasteiger partial charge in [0.25, 0.3) is 0 Å². The van der Waals surface area contributed by atoms with Crippen LogP contribution in [0.25, 0.3) is 0 Å². The second-order valence-corrected chi connectivity index (χ2v) is 5.57. The highest BCUT2D eigenvalue weighted by Gasteiger charge is 2.40. The van der Waals surface area contributed by atoms with Gasteiger partial charge in [-0.25, -0.2) is 0 Å². The van der Waals surface area contributed by atoms with Gasteiger partial charge in [0.05, 0.1) is 12.7 Å². The van der Waals surface area contributed by atoms with Crippen molar-refractivity contribution < 1.29 is 27.4 Å². The Morgan fingerprint density at radius 2 is 2.10 bits per heavy atom. The number of ether oxygens (including phenoxy) is 3. The first-order valence-corrected chi connectivity index (χ1v) is 7.35. The van der Waals surface area contributed by atoms with Crippen molar-refractivity contribution in [3.05, 3.63) is 0 Å². The van der Waals surface area contributed by atoms with Crippen LogP contribution in [0.3, 0.4) is 0 Å². The van der Waals surface area contributed by atoms with Crippen molar-refractivity contribution in [2.24, 2.45) is 5.41 Å². The zero-order valence-electron chi connectivity index (χ0n) is 12.8. The van der Waals surface area contributed by atoms with E-state index in [4.69, 9.17) is 9.47 Å². The van der Waals surface area contributed by atoms with Gasteiger partial charge in [-0.05, 0) is 26.2 Å². The Balaban J connectivity index is 2.30. The van der Waals surface area contributed by atoms with Crippen molar-refractivity contribution in [3.63, 3.8) is 0 Å². The molecule has 1 fully saturated rings. The molecule has 0 radical (unpaired) electrons. The third kappa shape index (κ3) is 6.95. The molecule has 1 N–H and O–H groups in total. The molecule has 0 spiro atoms. The predicted octanol–water partition coefficient (Wildman–Crippen LogP) is 2.38. The molecule has 0 aromatic carbocycles. The van der Waals surface area contributed by atoms with E-state index < -0.39 is 12.8 Å². The van der Waals surface area contributed by atoms with Gasteiger partial charge >= 0.3 is 6.18 Å². The first-order valence-electron chi connectivity index (χ1n) is 7.35. The maximum Gasteiger partial charge on any atom is 0.411 e. The van der Waals surface area contributed by atoms with E-state index in [2.05, 4.69) is 10.1 Å². The first kappa shape index (κ1) is 18.7. The second-order valence-electron chi connectivity index (χ2n) is 5.57. The molecule has 1 rings (SSSR count). The van der Waals surface area contributed by atoms with E-state index in [-0.39, 0.29) is 18.1 Å². The van der Waals surface area contributed by atoms with Gasteiger partial charge < -0.3 is 19.5 Å². The van der Waals surface area contributed by atoms with Crippen LogP contribution in [0.4, 0.5) is 13.2 Å². The summed E-state index contributed by atoms with van der Waals surface area (Å²) in [7, 11) is 1.65. The Hall–Kier alpha value is -0.370. The van der Waals surface area contributed by atoms with Crippen molar-refractivity contribution in [2.75, 3.05) is 46.6 Å². The fourth-order valence-corrected chi connectivity index (χ4v) is 2.69. The van der Waals surface area contributed by atoms with Crippen molar-refractivity contribution in [3.8, 4) is 0 Å². The lowest BCUT2D eigenvalue weighted by Crippen LogP contribution is -2.40. The van der Waals surface area contributed by atoms with Crippen LogP contribution in [0.15, 0.2) is 0 Å². The molecule has 0 aromatic rings. The summed E-state index contributed by atoms with van der Waals surface area (Å²) in [4.78, 5) is 0.